The molecule has 0 spiro atoms. The van der Waals surface area contributed by atoms with Crippen LogP contribution in [-0.4, -0.2) is 15.9 Å². The van der Waals surface area contributed by atoms with E-state index < -0.39 is 0 Å². The molecule has 0 bridgehead atoms. The Morgan fingerprint density at radius 3 is 2.56 bits per heavy atom. The van der Waals surface area contributed by atoms with Crippen LogP contribution in [0.3, 0.4) is 0 Å². The lowest BCUT2D eigenvalue weighted by molar-refractivity contribution is -0.115. The summed E-state index contributed by atoms with van der Waals surface area (Å²) in [5.74, 6) is 0.370. The van der Waals surface area contributed by atoms with Gasteiger partial charge in [-0.15, -0.1) is 0 Å². The van der Waals surface area contributed by atoms with E-state index in [0.29, 0.717) is 11.5 Å². The zero-order valence-corrected chi connectivity index (χ0v) is 20.6. The van der Waals surface area contributed by atoms with Crippen LogP contribution in [-0.2, 0) is 24.1 Å². The van der Waals surface area contributed by atoms with E-state index in [1.807, 2.05) is 84.9 Å². The molecular weight excluding hydrogens is 535 g/mol. The molecule has 1 heterocycles. The molecule has 0 fully saturated rings. The van der Waals surface area contributed by atoms with Gasteiger partial charge in [0.25, 0.3) is 0 Å². The summed E-state index contributed by atoms with van der Waals surface area (Å²) in [6.07, 6.45) is 5.77. The van der Waals surface area contributed by atoms with Gasteiger partial charge in [-0.1, -0.05) is 54.6 Å². The molecule has 168 valence electrons. The Labute approximate surface area is 212 Å². The number of aromatic nitrogens is 2. The molecule has 5 rings (SSSR count). The van der Waals surface area contributed by atoms with Crippen molar-refractivity contribution in [1.29, 1.82) is 0 Å². The summed E-state index contributed by atoms with van der Waals surface area (Å²) in [7, 11) is 0. The number of amides is 1. The van der Waals surface area contributed by atoms with Crippen molar-refractivity contribution < 1.29 is 4.79 Å². The molecule has 3 aromatic carbocycles. The van der Waals surface area contributed by atoms with E-state index in [9.17, 15) is 4.79 Å². The lowest BCUT2D eigenvalue weighted by atomic mass is 9.91. The number of nitrogen functional groups attached to an aromatic ring is 1. The molecule has 0 saturated carbocycles. The minimum atomic E-state index is -0.117. The topological polar surface area (TPSA) is 80.9 Å². The van der Waals surface area contributed by atoms with Gasteiger partial charge >= 0.3 is 0 Å². The van der Waals surface area contributed by atoms with Gasteiger partial charge in [0.05, 0.1) is 17.8 Å². The third-order valence-corrected chi connectivity index (χ3v) is 6.50. The predicted molar refractivity (Wildman–Crippen MR) is 146 cm³/mol. The Kier molecular flexibility index (Phi) is 6.40. The van der Waals surface area contributed by atoms with Crippen molar-refractivity contribution in [3.63, 3.8) is 0 Å². The van der Waals surface area contributed by atoms with Crippen LogP contribution < -0.4 is 11.1 Å². The number of anilines is 2. The van der Waals surface area contributed by atoms with E-state index >= 15 is 0 Å². The summed E-state index contributed by atoms with van der Waals surface area (Å²) in [6.45, 7) is 0. The number of fused-ring (bicyclic) bond motifs is 3. The average Bonchev–Trinajstić information content (AvgIpc) is 2.84. The number of nitrogens with zero attached hydrogens (tertiary/aromatic N) is 2. The van der Waals surface area contributed by atoms with Crippen LogP contribution in [0.4, 0.5) is 11.5 Å². The van der Waals surface area contributed by atoms with E-state index in [1.54, 1.807) is 0 Å². The number of rotatable bonds is 5. The number of carbonyl (C=O) groups is 1. The molecule has 0 saturated heterocycles. The second-order valence-electron chi connectivity index (χ2n) is 8.26. The highest BCUT2D eigenvalue weighted by atomic mass is 127. The summed E-state index contributed by atoms with van der Waals surface area (Å²) < 4.78 is 1.14. The quantitative estimate of drug-likeness (QED) is 0.241. The first-order valence-corrected chi connectivity index (χ1v) is 12.2. The van der Waals surface area contributed by atoms with Gasteiger partial charge < -0.3 is 11.1 Å². The molecule has 0 radical (unpaired) electrons. The molecule has 5 nitrogen and oxygen atoms in total. The van der Waals surface area contributed by atoms with Crippen LogP contribution in [0.25, 0.3) is 23.4 Å². The van der Waals surface area contributed by atoms with Gasteiger partial charge in [0.15, 0.2) is 5.82 Å². The van der Waals surface area contributed by atoms with E-state index in [-0.39, 0.29) is 12.3 Å². The summed E-state index contributed by atoms with van der Waals surface area (Å²) >= 11 is 2.26. The Hall–Kier alpha value is -3.52. The van der Waals surface area contributed by atoms with Crippen LogP contribution in [0, 0.1) is 3.57 Å². The van der Waals surface area contributed by atoms with E-state index in [0.717, 1.165) is 50.2 Å². The number of aryl methyl sites for hydroxylation is 2. The Morgan fingerprint density at radius 1 is 0.971 bits per heavy atom. The van der Waals surface area contributed by atoms with Gasteiger partial charge in [0.1, 0.15) is 5.69 Å². The number of nitrogens with one attached hydrogen (secondary N) is 1. The third kappa shape index (κ3) is 5.02. The smallest absolute Gasteiger partial charge is 0.230 e. The zero-order valence-electron chi connectivity index (χ0n) is 18.5. The molecular formula is C28H23IN4O. The Bertz CT molecular complexity index is 1380. The fraction of sp³-hybridized carbons (Fsp3) is 0.107. The fourth-order valence-electron chi connectivity index (χ4n) is 4.09. The third-order valence-electron chi connectivity index (χ3n) is 5.78. The van der Waals surface area contributed by atoms with Crippen LogP contribution in [0.2, 0.25) is 0 Å². The molecule has 4 aromatic rings. The molecule has 1 aromatic heterocycles. The summed E-state index contributed by atoms with van der Waals surface area (Å²) in [4.78, 5) is 22.7. The number of hydrogen-bond acceptors (Lipinski definition) is 4. The largest absolute Gasteiger partial charge is 0.399 e. The van der Waals surface area contributed by atoms with Crippen molar-refractivity contribution in [2.45, 2.75) is 19.3 Å². The SMILES string of the molecule is Nc1ccc2c(c1)CCc1nc(NC(=O)Cc3ccc(I)cc3)c(C=Cc3ccccc3)nc1-2. The first kappa shape index (κ1) is 22.3. The van der Waals surface area contributed by atoms with Crippen molar-refractivity contribution in [3.8, 4) is 11.3 Å². The first-order valence-electron chi connectivity index (χ1n) is 11.1. The normalized spacial score (nSPS) is 12.3. The highest BCUT2D eigenvalue weighted by Gasteiger charge is 2.22. The lowest BCUT2D eigenvalue weighted by Crippen LogP contribution is -2.19. The van der Waals surface area contributed by atoms with Crippen molar-refractivity contribution in [2.75, 3.05) is 11.1 Å². The number of benzene rings is 3. The lowest BCUT2D eigenvalue weighted by Gasteiger charge is -2.20. The van der Waals surface area contributed by atoms with Gasteiger partial charge in [-0.3, -0.25) is 4.79 Å². The Balaban J connectivity index is 1.50. The average molecular weight is 558 g/mol. The van der Waals surface area contributed by atoms with Crippen LogP contribution >= 0.6 is 22.6 Å². The predicted octanol–water partition coefficient (Wildman–Crippen LogP) is 5.78. The maximum Gasteiger partial charge on any atom is 0.230 e. The second-order valence-corrected chi connectivity index (χ2v) is 9.51. The summed E-state index contributed by atoms with van der Waals surface area (Å²) in [6, 6.07) is 23.9. The molecule has 1 aliphatic carbocycles. The molecule has 0 unspecified atom stereocenters. The number of hydrogen-bond donors (Lipinski definition) is 2. The number of halogens is 1. The fourth-order valence-corrected chi connectivity index (χ4v) is 4.45. The molecule has 0 atom stereocenters. The first-order chi connectivity index (χ1) is 16.5. The van der Waals surface area contributed by atoms with Crippen LogP contribution in [0.1, 0.15) is 28.1 Å². The van der Waals surface area contributed by atoms with E-state index in [4.69, 9.17) is 15.7 Å². The molecule has 1 aliphatic rings. The minimum absolute atomic E-state index is 0.117. The molecule has 0 aliphatic heterocycles. The van der Waals surface area contributed by atoms with Gasteiger partial charge in [0, 0.05) is 14.8 Å². The molecule has 34 heavy (non-hydrogen) atoms. The van der Waals surface area contributed by atoms with Gasteiger partial charge in [0.2, 0.25) is 5.91 Å². The van der Waals surface area contributed by atoms with E-state index in [1.165, 1.54) is 5.56 Å². The van der Waals surface area contributed by atoms with Crippen molar-refractivity contribution in [1.82, 2.24) is 9.97 Å². The van der Waals surface area contributed by atoms with Gasteiger partial charge in [-0.25, -0.2) is 9.97 Å². The standard InChI is InChI=1S/C28H23IN4O/c29-21-10-6-19(7-11-21)16-26(34)33-28-25(14-8-18-4-2-1-3-5-18)31-27-23-13-12-22(30)17-20(23)9-15-24(27)32-28/h1-8,10-14,17H,9,15-16,30H2,(H,32,33,34). The van der Waals surface area contributed by atoms with Crippen LogP contribution in [0.15, 0.2) is 72.8 Å². The molecule has 1 amide bonds. The molecule has 6 heteroatoms. The maximum absolute atomic E-state index is 12.9. The second kappa shape index (κ2) is 9.77. The monoisotopic (exact) mass is 558 g/mol. The number of carbonyl (C=O) groups excluding carboxylic acids is 1. The zero-order chi connectivity index (χ0) is 23.5. The summed E-state index contributed by atoms with van der Waals surface area (Å²) in [5, 5.41) is 3.01. The summed E-state index contributed by atoms with van der Waals surface area (Å²) in [5.41, 5.74) is 13.3. The van der Waals surface area contributed by atoms with Gasteiger partial charge in [-0.05, 0) is 82.5 Å². The number of nitrogens with two attached hydrogens (primary N) is 1. The van der Waals surface area contributed by atoms with Gasteiger partial charge in [-0.2, -0.15) is 0 Å². The van der Waals surface area contributed by atoms with Crippen molar-refractivity contribution in [2.24, 2.45) is 0 Å². The highest BCUT2D eigenvalue weighted by Crippen LogP contribution is 2.34. The maximum atomic E-state index is 12.9. The van der Waals surface area contributed by atoms with Crippen molar-refractivity contribution in [3.05, 3.63) is 104 Å². The van der Waals surface area contributed by atoms with Crippen LogP contribution in [0.5, 0.6) is 0 Å². The minimum Gasteiger partial charge on any atom is -0.399 e. The Morgan fingerprint density at radius 2 is 1.76 bits per heavy atom. The van der Waals surface area contributed by atoms with E-state index in [2.05, 4.69) is 27.9 Å². The molecule has 3 N–H and O–H groups in total. The highest BCUT2D eigenvalue weighted by molar-refractivity contribution is 14.1. The van der Waals surface area contributed by atoms with Crippen molar-refractivity contribution >= 4 is 52.2 Å².